The maximum atomic E-state index is 6.17. The fourth-order valence-corrected chi connectivity index (χ4v) is 2.16. The van der Waals surface area contributed by atoms with E-state index >= 15 is 0 Å². The fraction of sp³-hybridized carbons (Fsp3) is 0.500. The standard InChI is InChI=1S/C12H18BrN/c1-4-9(3)12(14)10-5-8(2)6-11(13)7-10/h5-7,9,12H,4,14H2,1-3H3. The Morgan fingerprint density at radius 1 is 1.36 bits per heavy atom. The van der Waals surface area contributed by atoms with Crippen LogP contribution >= 0.6 is 15.9 Å². The lowest BCUT2D eigenvalue weighted by molar-refractivity contribution is 0.456. The van der Waals surface area contributed by atoms with Gasteiger partial charge in [-0.15, -0.1) is 0 Å². The highest BCUT2D eigenvalue weighted by atomic mass is 79.9. The van der Waals surface area contributed by atoms with Gasteiger partial charge < -0.3 is 5.73 Å². The predicted octanol–water partition coefficient (Wildman–Crippen LogP) is 3.80. The van der Waals surface area contributed by atoms with Gasteiger partial charge in [-0.25, -0.2) is 0 Å². The van der Waals surface area contributed by atoms with Crippen LogP contribution in [0.2, 0.25) is 0 Å². The molecular formula is C12H18BrN. The summed E-state index contributed by atoms with van der Waals surface area (Å²) in [6, 6.07) is 6.54. The Morgan fingerprint density at radius 3 is 2.50 bits per heavy atom. The van der Waals surface area contributed by atoms with E-state index in [-0.39, 0.29) is 6.04 Å². The van der Waals surface area contributed by atoms with Crippen molar-refractivity contribution in [3.8, 4) is 0 Å². The highest BCUT2D eigenvalue weighted by molar-refractivity contribution is 9.10. The lowest BCUT2D eigenvalue weighted by atomic mass is 9.93. The molecule has 14 heavy (non-hydrogen) atoms. The Labute approximate surface area is 94.8 Å². The van der Waals surface area contributed by atoms with Crippen LogP contribution in [0.4, 0.5) is 0 Å². The number of aryl methyl sites for hydroxylation is 1. The molecule has 0 amide bonds. The number of nitrogens with two attached hydrogens (primary N) is 1. The number of rotatable bonds is 3. The fourth-order valence-electron chi connectivity index (χ4n) is 1.54. The van der Waals surface area contributed by atoms with Crippen LogP contribution in [-0.2, 0) is 0 Å². The molecule has 0 saturated carbocycles. The van der Waals surface area contributed by atoms with Gasteiger partial charge in [-0.1, -0.05) is 42.3 Å². The van der Waals surface area contributed by atoms with E-state index in [1.54, 1.807) is 0 Å². The largest absolute Gasteiger partial charge is 0.324 e. The van der Waals surface area contributed by atoms with Gasteiger partial charge in [-0.2, -0.15) is 0 Å². The summed E-state index contributed by atoms with van der Waals surface area (Å²) in [4.78, 5) is 0. The SMILES string of the molecule is CCC(C)C(N)c1cc(C)cc(Br)c1. The van der Waals surface area contributed by atoms with Crippen LogP contribution in [0, 0.1) is 12.8 Å². The van der Waals surface area contributed by atoms with E-state index in [9.17, 15) is 0 Å². The zero-order valence-electron chi connectivity index (χ0n) is 9.05. The van der Waals surface area contributed by atoms with Crippen LogP contribution < -0.4 is 5.73 Å². The van der Waals surface area contributed by atoms with Gasteiger partial charge in [0.15, 0.2) is 0 Å². The first kappa shape index (κ1) is 11.7. The summed E-state index contributed by atoms with van der Waals surface area (Å²) in [5, 5.41) is 0. The molecule has 2 atom stereocenters. The number of hydrogen-bond acceptors (Lipinski definition) is 1. The van der Waals surface area contributed by atoms with E-state index in [0.29, 0.717) is 5.92 Å². The van der Waals surface area contributed by atoms with Gasteiger partial charge in [0, 0.05) is 10.5 Å². The summed E-state index contributed by atoms with van der Waals surface area (Å²) >= 11 is 3.50. The summed E-state index contributed by atoms with van der Waals surface area (Å²) in [5.74, 6) is 0.531. The van der Waals surface area contributed by atoms with E-state index in [1.807, 2.05) is 0 Å². The van der Waals surface area contributed by atoms with Crippen LogP contribution in [0.1, 0.15) is 37.4 Å². The summed E-state index contributed by atoms with van der Waals surface area (Å²) in [5.41, 5.74) is 8.65. The Kier molecular flexibility index (Phi) is 4.14. The van der Waals surface area contributed by atoms with Crippen LogP contribution in [0.25, 0.3) is 0 Å². The zero-order chi connectivity index (χ0) is 10.7. The molecule has 1 aromatic carbocycles. The van der Waals surface area contributed by atoms with E-state index in [0.717, 1.165) is 10.9 Å². The summed E-state index contributed by atoms with van der Waals surface area (Å²) in [6.07, 6.45) is 1.12. The minimum atomic E-state index is 0.149. The molecule has 0 aliphatic heterocycles. The van der Waals surface area contributed by atoms with Crippen molar-refractivity contribution in [1.29, 1.82) is 0 Å². The van der Waals surface area contributed by atoms with Crippen LogP contribution in [0.3, 0.4) is 0 Å². The lowest BCUT2D eigenvalue weighted by Crippen LogP contribution is -2.18. The van der Waals surface area contributed by atoms with E-state index < -0.39 is 0 Å². The average Bonchev–Trinajstić information content (AvgIpc) is 2.14. The van der Waals surface area contributed by atoms with Crippen molar-refractivity contribution in [2.45, 2.75) is 33.2 Å². The first-order chi connectivity index (χ1) is 6.54. The Balaban J connectivity index is 2.94. The summed E-state index contributed by atoms with van der Waals surface area (Å²) in [6.45, 7) is 6.47. The van der Waals surface area contributed by atoms with Crippen molar-refractivity contribution in [2.75, 3.05) is 0 Å². The Morgan fingerprint density at radius 2 is 2.00 bits per heavy atom. The van der Waals surface area contributed by atoms with Gasteiger partial charge in [0.05, 0.1) is 0 Å². The third-order valence-corrected chi connectivity index (χ3v) is 3.16. The first-order valence-electron chi connectivity index (χ1n) is 5.07. The highest BCUT2D eigenvalue weighted by Crippen LogP contribution is 2.25. The molecular weight excluding hydrogens is 238 g/mol. The molecule has 0 spiro atoms. The maximum Gasteiger partial charge on any atom is 0.0321 e. The molecule has 2 heteroatoms. The minimum absolute atomic E-state index is 0.149. The molecule has 0 fully saturated rings. The molecule has 0 aromatic heterocycles. The maximum absolute atomic E-state index is 6.17. The smallest absolute Gasteiger partial charge is 0.0321 e. The molecule has 0 bridgehead atoms. The van der Waals surface area contributed by atoms with Crippen molar-refractivity contribution in [2.24, 2.45) is 11.7 Å². The summed E-state index contributed by atoms with van der Waals surface area (Å²) in [7, 11) is 0. The van der Waals surface area contributed by atoms with Crippen molar-refractivity contribution in [1.82, 2.24) is 0 Å². The van der Waals surface area contributed by atoms with Crippen molar-refractivity contribution >= 4 is 15.9 Å². The molecule has 0 aliphatic carbocycles. The number of hydrogen-bond donors (Lipinski definition) is 1. The Bertz CT molecular complexity index is 289. The second-order valence-electron chi connectivity index (χ2n) is 3.97. The van der Waals surface area contributed by atoms with Gasteiger partial charge >= 0.3 is 0 Å². The van der Waals surface area contributed by atoms with Crippen LogP contribution in [0.15, 0.2) is 22.7 Å². The molecule has 2 N–H and O–H groups in total. The molecule has 1 nitrogen and oxygen atoms in total. The first-order valence-corrected chi connectivity index (χ1v) is 5.86. The van der Waals surface area contributed by atoms with Gasteiger partial charge in [-0.05, 0) is 36.1 Å². The zero-order valence-corrected chi connectivity index (χ0v) is 10.6. The quantitative estimate of drug-likeness (QED) is 0.874. The van der Waals surface area contributed by atoms with Crippen molar-refractivity contribution < 1.29 is 0 Å². The van der Waals surface area contributed by atoms with E-state index in [4.69, 9.17) is 5.73 Å². The molecule has 78 valence electrons. The van der Waals surface area contributed by atoms with Crippen LogP contribution in [0.5, 0.6) is 0 Å². The normalized spacial score (nSPS) is 15.2. The lowest BCUT2D eigenvalue weighted by Gasteiger charge is -2.19. The molecule has 0 aliphatic rings. The van der Waals surface area contributed by atoms with Crippen molar-refractivity contribution in [3.63, 3.8) is 0 Å². The number of benzene rings is 1. The molecule has 0 radical (unpaired) electrons. The number of halogens is 1. The van der Waals surface area contributed by atoms with Crippen LogP contribution in [-0.4, -0.2) is 0 Å². The van der Waals surface area contributed by atoms with Crippen molar-refractivity contribution in [3.05, 3.63) is 33.8 Å². The predicted molar refractivity (Wildman–Crippen MR) is 65.3 cm³/mol. The van der Waals surface area contributed by atoms with E-state index in [2.05, 4.69) is 54.9 Å². The molecule has 1 rings (SSSR count). The minimum Gasteiger partial charge on any atom is -0.324 e. The third-order valence-electron chi connectivity index (χ3n) is 2.71. The summed E-state index contributed by atoms with van der Waals surface area (Å²) < 4.78 is 1.12. The monoisotopic (exact) mass is 255 g/mol. The second kappa shape index (κ2) is 4.94. The second-order valence-corrected chi connectivity index (χ2v) is 4.89. The molecule has 1 aromatic rings. The third kappa shape index (κ3) is 2.82. The Hall–Kier alpha value is -0.340. The average molecular weight is 256 g/mol. The highest BCUT2D eigenvalue weighted by Gasteiger charge is 2.13. The van der Waals surface area contributed by atoms with Gasteiger partial charge in [-0.3, -0.25) is 0 Å². The van der Waals surface area contributed by atoms with Gasteiger partial charge in [0.2, 0.25) is 0 Å². The van der Waals surface area contributed by atoms with Gasteiger partial charge in [0.25, 0.3) is 0 Å². The molecule has 2 unspecified atom stereocenters. The van der Waals surface area contributed by atoms with E-state index in [1.165, 1.54) is 11.1 Å². The molecule has 0 heterocycles. The topological polar surface area (TPSA) is 26.0 Å². The molecule has 0 saturated heterocycles. The van der Waals surface area contributed by atoms with Gasteiger partial charge in [0.1, 0.15) is 0 Å².